The molecule has 2 aromatic rings. The van der Waals surface area contributed by atoms with Crippen molar-refractivity contribution >= 4 is 23.0 Å². The predicted molar refractivity (Wildman–Crippen MR) is 77.0 cm³/mol. The molecule has 0 saturated carbocycles. The van der Waals surface area contributed by atoms with Gasteiger partial charge >= 0.3 is 0 Å². The third kappa shape index (κ3) is 2.82. The average Bonchev–Trinajstić information content (AvgIpc) is 2.32. The molecule has 0 bridgehead atoms. The van der Waals surface area contributed by atoms with Crippen LogP contribution in [0.5, 0.6) is 0 Å². The smallest absolute Gasteiger partial charge is 0.168 e. The van der Waals surface area contributed by atoms with Crippen molar-refractivity contribution in [1.29, 1.82) is 0 Å². The summed E-state index contributed by atoms with van der Waals surface area (Å²) in [5.74, 6) is 0. The highest BCUT2D eigenvalue weighted by Crippen LogP contribution is 2.28. The molecule has 2 aromatic carbocycles. The van der Waals surface area contributed by atoms with Crippen LogP contribution in [0.25, 0.3) is 11.1 Å². The molecule has 0 spiro atoms. The van der Waals surface area contributed by atoms with Gasteiger partial charge in [-0.25, -0.2) is 0 Å². The molecule has 0 radical (unpaired) electrons. The number of hydrogen-bond acceptors (Lipinski definition) is 1. The van der Waals surface area contributed by atoms with E-state index in [1.54, 1.807) is 0 Å². The summed E-state index contributed by atoms with van der Waals surface area (Å²) in [4.78, 5) is 0. The van der Waals surface area contributed by atoms with Crippen LogP contribution in [-0.2, 0) is 0 Å². The molecule has 0 unspecified atom stereocenters. The number of aryl methyl sites for hydroxylation is 1. The van der Waals surface area contributed by atoms with Gasteiger partial charge in [-0.1, -0.05) is 42.0 Å². The van der Waals surface area contributed by atoms with Gasteiger partial charge in [-0.05, 0) is 36.8 Å². The van der Waals surface area contributed by atoms with E-state index >= 15 is 0 Å². The van der Waals surface area contributed by atoms with Gasteiger partial charge in [0.05, 0.1) is 0 Å². The van der Waals surface area contributed by atoms with E-state index in [9.17, 15) is 0 Å². The highest BCUT2D eigenvalue weighted by atomic mass is 32.1. The Kier molecular flexibility index (Phi) is 3.40. The van der Waals surface area contributed by atoms with Crippen LogP contribution in [0.2, 0.25) is 0 Å². The van der Waals surface area contributed by atoms with Crippen molar-refractivity contribution in [2.75, 3.05) is 5.32 Å². The van der Waals surface area contributed by atoms with Gasteiger partial charge in [0, 0.05) is 11.3 Å². The van der Waals surface area contributed by atoms with Crippen molar-refractivity contribution < 1.29 is 0 Å². The van der Waals surface area contributed by atoms with Crippen LogP contribution in [0.4, 0.5) is 5.69 Å². The number of nitrogens with one attached hydrogen (secondary N) is 1. The molecule has 86 valence electrons. The van der Waals surface area contributed by atoms with Crippen LogP contribution in [0.3, 0.4) is 0 Å². The molecule has 0 aromatic heterocycles. The first kappa shape index (κ1) is 11.6. The monoisotopic (exact) mass is 242 g/mol. The molecule has 2 nitrogen and oxygen atoms in total. The van der Waals surface area contributed by atoms with Crippen LogP contribution in [0.15, 0.2) is 48.5 Å². The maximum atomic E-state index is 5.53. The second-order valence-electron chi connectivity index (χ2n) is 3.90. The Balaban J connectivity index is 2.51. The zero-order valence-corrected chi connectivity index (χ0v) is 10.4. The van der Waals surface area contributed by atoms with Crippen molar-refractivity contribution in [2.24, 2.45) is 5.73 Å². The second-order valence-corrected chi connectivity index (χ2v) is 4.34. The van der Waals surface area contributed by atoms with E-state index in [1.165, 1.54) is 5.56 Å². The fourth-order valence-electron chi connectivity index (χ4n) is 1.76. The van der Waals surface area contributed by atoms with Gasteiger partial charge in [-0.3, -0.25) is 0 Å². The van der Waals surface area contributed by atoms with Crippen LogP contribution in [-0.4, -0.2) is 5.11 Å². The quantitative estimate of drug-likeness (QED) is 0.793. The van der Waals surface area contributed by atoms with E-state index < -0.39 is 0 Å². The van der Waals surface area contributed by atoms with Gasteiger partial charge < -0.3 is 11.1 Å². The van der Waals surface area contributed by atoms with Crippen molar-refractivity contribution in [2.45, 2.75) is 6.92 Å². The molecule has 0 aliphatic rings. The fourth-order valence-corrected chi connectivity index (χ4v) is 1.87. The molecule has 0 fully saturated rings. The van der Waals surface area contributed by atoms with Crippen LogP contribution < -0.4 is 11.1 Å². The minimum atomic E-state index is 0.283. The maximum absolute atomic E-state index is 5.53. The molecule has 17 heavy (non-hydrogen) atoms. The third-order valence-corrected chi connectivity index (χ3v) is 2.62. The molecule has 0 saturated heterocycles. The van der Waals surface area contributed by atoms with E-state index in [0.29, 0.717) is 0 Å². The van der Waals surface area contributed by atoms with Gasteiger partial charge in [-0.15, -0.1) is 0 Å². The SMILES string of the molecule is Cc1ccc(NC(N)=S)c(-c2ccccc2)c1. The summed E-state index contributed by atoms with van der Waals surface area (Å²) >= 11 is 4.89. The zero-order valence-electron chi connectivity index (χ0n) is 9.60. The summed E-state index contributed by atoms with van der Waals surface area (Å²) in [6, 6.07) is 16.3. The Morgan fingerprint density at radius 2 is 1.82 bits per heavy atom. The minimum Gasteiger partial charge on any atom is -0.376 e. The Bertz CT molecular complexity index is 535. The highest BCUT2D eigenvalue weighted by molar-refractivity contribution is 7.80. The first-order valence-electron chi connectivity index (χ1n) is 5.39. The van der Waals surface area contributed by atoms with Crippen molar-refractivity contribution in [3.8, 4) is 11.1 Å². The lowest BCUT2D eigenvalue weighted by atomic mass is 10.0. The third-order valence-electron chi connectivity index (χ3n) is 2.52. The van der Waals surface area contributed by atoms with Crippen LogP contribution in [0.1, 0.15) is 5.56 Å². The molecule has 0 atom stereocenters. The van der Waals surface area contributed by atoms with Gasteiger partial charge in [0.2, 0.25) is 0 Å². The second kappa shape index (κ2) is 4.97. The number of nitrogens with two attached hydrogens (primary N) is 1. The number of benzene rings is 2. The lowest BCUT2D eigenvalue weighted by Crippen LogP contribution is -2.19. The Hall–Kier alpha value is -1.87. The molecular weight excluding hydrogens is 228 g/mol. The molecule has 3 heteroatoms. The van der Waals surface area contributed by atoms with E-state index in [-0.39, 0.29) is 5.11 Å². The van der Waals surface area contributed by atoms with E-state index in [4.69, 9.17) is 18.0 Å². The van der Waals surface area contributed by atoms with Gasteiger partial charge in [0.25, 0.3) is 0 Å². The van der Waals surface area contributed by atoms with Crippen LogP contribution >= 0.6 is 12.2 Å². The van der Waals surface area contributed by atoms with Crippen molar-refractivity contribution in [1.82, 2.24) is 0 Å². The maximum Gasteiger partial charge on any atom is 0.168 e. The molecule has 3 N–H and O–H groups in total. The standard InChI is InChI=1S/C14H14N2S/c1-10-7-8-13(16-14(15)17)12(9-10)11-5-3-2-4-6-11/h2-9H,1H3,(H3,15,16,17). The minimum absolute atomic E-state index is 0.283. The summed E-state index contributed by atoms with van der Waals surface area (Å²) in [6.45, 7) is 2.07. The zero-order chi connectivity index (χ0) is 12.3. The number of anilines is 1. The van der Waals surface area contributed by atoms with E-state index in [1.807, 2.05) is 30.3 Å². The van der Waals surface area contributed by atoms with Crippen molar-refractivity contribution in [3.05, 3.63) is 54.1 Å². The molecule has 0 amide bonds. The Labute approximate surface area is 106 Å². The largest absolute Gasteiger partial charge is 0.376 e. The Morgan fingerprint density at radius 1 is 1.12 bits per heavy atom. The van der Waals surface area contributed by atoms with Crippen molar-refractivity contribution in [3.63, 3.8) is 0 Å². The molecule has 0 aliphatic carbocycles. The van der Waals surface area contributed by atoms with E-state index in [2.05, 4.69) is 30.4 Å². The van der Waals surface area contributed by atoms with E-state index in [0.717, 1.165) is 16.8 Å². The average molecular weight is 242 g/mol. The Morgan fingerprint density at radius 3 is 2.47 bits per heavy atom. The number of rotatable bonds is 2. The topological polar surface area (TPSA) is 38.0 Å². The molecule has 0 aliphatic heterocycles. The predicted octanol–water partition coefficient (Wildman–Crippen LogP) is 3.32. The number of thiocarbonyl (C=S) groups is 1. The molecule has 0 heterocycles. The van der Waals surface area contributed by atoms with Gasteiger partial charge in [-0.2, -0.15) is 0 Å². The van der Waals surface area contributed by atoms with Gasteiger partial charge in [0.15, 0.2) is 5.11 Å². The summed E-state index contributed by atoms with van der Waals surface area (Å²) in [6.07, 6.45) is 0. The first-order chi connectivity index (χ1) is 8.16. The molecule has 2 rings (SSSR count). The lowest BCUT2D eigenvalue weighted by Gasteiger charge is -2.12. The summed E-state index contributed by atoms with van der Waals surface area (Å²) in [5, 5.41) is 3.29. The highest BCUT2D eigenvalue weighted by Gasteiger charge is 2.05. The lowest BCUT2D eigenvalue weighted by molar-refractivity contribution is 1.46. The number of hydrogen-bond donors (Lipinski definition) is 2. The van der Waals surface area contributed by atoms with Crippen LogP contribution in [0, 0.1) is 6.92 Å². The fraction of sp³-hybridized carbons (Fsp3) is 0.0714. The van der Waals surface area contributed by atoms with Gasteiger partial charge in [0.1, 0.15) is 0 Å². The summed E-state index contributed by atoms with van der Waals surface area (Å²) in [7, 11) is 0. The summed E-state index contributed by atoms with van der Waals surface area (Å²) < 4.78 is 0. The first-order valence-corrected chi connectivity index (χ1v) is 5.80. The molecular formula is C14H14N2S. The summed E-state index contributed by atoms with van der Waals surface area (Å²) in [5.41, 5.74) is 9.93. The normalized spacial score (nSPS) is 9.94.